The second-order valence-electron chi connectivity index (χ2n) is 4.29. The van der Waals surface area contributed by atoms with E-state index >= 15 is 0 Å². The van der Waals surface area contributed by atoms with Crippen molar-refractivity contribution < 1.29 is 17.9 Å². The van der Waals surface area contributed by atoms with Gasteiger partial charge in [0.15, 0.2) is 9.90 Å². The van der Waals surface area contributed by atoms with Gasteiger partial charge in [0, 0.05) is 7.05 Å². The molecule has 2 rings (SSSR count). The molecule has 8 heteroatoms. The normalized spacial score (nSPS) is 11.2. The van der Waals surface area contributed by atoms with Crippen molar-refractivity contribution in [1.82, 2.24) is 4.98 Å². The predicted octanol–water partition coefficient (Wildman–Crippen LogP) is 2.06. The molecule has 1 aromatic heterocycles. The molecule has 0 radical (unpaired) electrons. The summed E-state index contributed by atoms with van der Waals surface area (Å²) in [6.07, 6.45) is 0. The molecule has 1 heterocycles. The quantitative estimate of drug-likeness (QED) is 0.804. The van der Waals surface area contributed by atoms with Gasteiger partial charge in [-0.05, 0) is 19.1 Å². The molecular formula is C13H14N2O4S2. The Balaban J connectivity index is 2.45. The molecule has 2 aromatic rings. The fourth-order valence-corrected chi connectivity index (χ4v) is 4.15. The second kappa shape index (κ2) is 5.82. The van der Waals surface area contributed by atoms with E-state index in [1.165, 1.54) is 19.7 Å². The number of hydrogen-bond acceptors (Lipinski definition) is 6. The number of benzene rings is 1. The fourth-order valence-electron chi connectivity index (χ4n) is 1.67. The third kappa shape index (κ3) is 2.91. The van der Waals surface area contributed by atoms with Gasteiger partial charge >= 0.3 is 5.97 Å². The number of sulfonamides is 1. The van der Waals surface area contributed by atoms with Crippen LogP contribution in [0.2, 0.25) is 0 Å². The van der Waals surface area contributed by atoms with E-state index in [2.05, 4.69) is 9.72 Å². The monoisotopic (exact) mass is 326 g/mol. The summed E-state index contributed by atoms with van der Waals surface area (Å²) in [5.74, 6) is -0.771. The summed E-state index contributed by atoms with van der Waals surface area (Å²) in [6.45, 7) is 1.91. The highest BCUT2D eigenvalue weighted by molar-refractivity contribution is 7.94. The van der Waals surface area contributed by atoms with E-state index in [1.807, 2.05) is 19.1 Å². The number of aromatic nitrogens is 1. The van der Waals surface area contributed by atoms with E-state index in [-0.39, 0.29) is 9.90 Å². The molecule has 0 saturated heterocycles. The molecule has 0 aliphatic heterocycles. The Morgan fingerprint density at radius 1 is 1.29 bits per heavy atom. The van der Waals surface area contributed by atoms with Crippen LogP contribution in [-0.2, 0) is 14.8 Å². The lowest BCUT2D eigenvalue weighted by Gasteiger charge is -2.18. The largest absolute Gasteiger partial charge is 0.464 e. The van der Waals surface area contributed by atoms with Crippen molar-refractivity contribution in [3.05, 3.63) is 41.0 Å². The van der Waals surface area contributed by atoms with Crippen molar-refractivity contribution in [2.45, 2.75) is 11.1 Å². The molecule has 0 unspecified atom stereocenters. The van der Waals surface area contributed by atoms with Crippen LogP contribution in [0.4, 0.5) is 5.69 Å². The van der Waals surface area contributed by atoms with Crippen molar-refractivity contribution in [1.29, 1.82) is 0 Å². The zero-order valence-corrected chi connectivity index (χ0v) is 13.4. The highest BCUT2D eigenvalue weighted by atomic mass is 32.2. The first kappa shape index (κ1) is 15.5. The van der Waals surface area contributed by atoms with E-state index < -0.39 is 16.0 Å². The summed E-state index contributed by atoms with van der Waals surface area (Å²) in [5, 5.41) is 0. The summed E-state index contributed by atoms with van der Waals surface area (Å²) < 4.78 is 30.8. The average Bonchev–Trinajstić information content (AvgIpc) is 2.96. The molecule has 0 aliphatic rings. The molecule has 0 fully saturated rings. The molecule has 1 aromatic carbocycles. The Morgan fingerprint density at radius 2 is 1.90 bits per heavy atom. The summed E-state index contributed by atoms with van der Waals surface area (Å²) >= 11 is 0.885. The second-order valence-corrected chi connectivity index (χ2v) is 7.31. The summed E-state index contributed by atoms with van der Waals surface area (Å²) in [7, 11) is -1.25. The number of thiazole rings is 1. The van der Waals surface area contributed by atoms with Crippen LogP contribution in [0.25, 0.3) is 0 Å². The lowest BCUT2D eigenvalue weighted by Crippen LogP contribution is -2.27. The first-order valence-electron chi connectivity index (χ1n) is 5.95. The molecule has 0 spiro atoms. The van der Waals surface area contributed by atoms with Crippen molar-refractivity contribution in [2.75, 3.05) is 18.5 Å². The van der Waals surface area contributed by atoms with E-state index in [1.54, 1.807) is 12.1 Å². The molecule has 0 atom stereocenters. The number of nitrogens with zero attached hydrogens (tertiary/aromatic N) is 2. The van der Waals surface area contributed by atoms with Crippen LogP contribution >= 0.6 is 11.3 Å². The van der Waals surface area contributed by atoms with Gasteiger partial charge in [-0.3, -0.25) is 4.31 Å². The Hall–Kier alpha value is -1.93. The number of ether oxygens (including phenoxy) is 1. The summed E-state index contributed by atoms with van der Waals surface area (Å²) in [6, 6.07) is 7.03. The maximum Gasteiger partial charge on any atom is 0.358 e. The average molecular weight is 326 g/mol. The minimum absolute atomic E-state index is 0.127. The smallest absolute Gasteiger partial charge is 0.358 e. The molecule has 0 amide bonds. The number of hydrogen-bond donors (Lipinski definition) is 0. The third-order valence-corrected chi connectivity index (χ3v) is 6.04. The standard InChI is InChI=1S/C13H14N2O4S2/c1-9-4-6-10(7-5-9)15(2)21(17,18)13-11(12(16)19-3)14-8-20-13/h4-8H,1-3H3. The number of carbonyl (C=O) groups is 1. The number of rotatable bonds is 4. The van der Waals surface area contributed by atoms with Gasteiger partial charge in [-0.25, -0.2) is 18.2 Å². The zero-order valence-electron chi connectivity index (χ0n) is 11.7. The first-order valence-corrected chi connectivity index (χ1v) is 8.27. The topological polar surface area (TPSA) is 76.6 Å². The van der Waals surface area contributed by atoms with Gasteiger partial charge < -0.3 is 4.74 Å². The van der Waals surface area contributed by atoms with Crippen molar-refractivity contribution >= 4 is 33.0 Å². The van der Waals surface area contributed by atoms with Crippen LogP contribution < -0.4 is 4.31 Å². The number of anilines is 1. The van der Waals surface area contributed by atoms with Gasteiger partial charge in [0.2, 0.25) is 0 Å². The van der Waals surface area contributed by atoms with Crippen LogP contribution in [-0.4, -0.2) is 33.5 Å². The van der Waals surface area contributed by atoms with E-state index in [0.29, 0.717) is 5.69 Å². The highest BCUT2D eigenvalue weighted by Gasteiger charge is 2.30. The van der Waals surface area contributed by atoms with Crippen molar-refractivity contribution in [3.63, 3.8) is 0 Å². The number of esters is 1. The Morgan fingerprint density at radius 3 is 2.48 bits per heavy atom. The Labute approximate surface area is 127 Å². The number of carbonyl (C=O) groups excluding carboxylic acids is 1. The summed E-state index contributed by atoms with van der Waals surface area (Å²) in [5.41, 5.74) is 2.64. The maximum absolute atomic E-state index is 12.6. The Kier molecular flexibility index (Phi) is 4.29. The fraction of sp³-hybridized carbons (Fsp3) is 0.231. The highest BCUT2D eigenvalue weighted by Crippen LogP contribution is 2.27. The van der Waals surface area contributed by atoms with Crippen LogP contribution in [0.3, 0.4) is 0 Å². The van der Waals surface area contributed by atoms with Gasteiger partial charge in [-0.15, -0.1) is 11.3 Å². The molecule has 0 N–H and O–H groups in total. The molecule has 112 valence electrons. The van der Waals surface area contributed by atoms with Gasteiger partial charge in [0.1, 0.15) is 0 Å². The van der Waals surface area contributed by atoms with Crippen molar-refractivity contribution in [3.8, 4) is 0 Å². The lowest BCUT2D eigenvalue weighted by atomic mass is 10.2. The summed E-state index contributed by atoms with van der Waals surface area (Å²) in [4.78, 5) is 15.4. The van der Waals surface area contributed by atoms with Gasteiger partial charge in [0.25, 0.3) is 10.0 Å². The third-order valence-electron chi connectivity index (χ3n) is 2.91. The number of aryl methyl sites for hydroxylation is 1. The van der Waals surface area contributed by atoms with Gasteiger partial charge in [0.05, 0.1) is 18.3 Å². The zero-order chi connectivity index (χ0) is 15.6. The lowest BCUT2D eigenvalue weighted by molar-refractivity contribution is 0.0590. The molecule has 0 bridgehead atoms. The van der Waals surface area contributed by atoms with Gasteiger partial charge in [-0.2, -0.15) is 0 Å². The maximum atomic E-state index is 12.6. The molecule has 6 nitrogen and oxygen atoms in total. The molecule has 21 heavy (non-hydrogen) atoms. The van der Waals surface area contributed by atoms with E-state index in [4.69, 9.17) is 0 Å². The van der Waals surface area contributed by atoms with Crippen LogP contribution in [0.1, 0.15) is 16.1 Å². The Bertz CT molecular complexity index is 751. The molecule has 0 aliphatic carbocycles. The van der Waals surface area contributed by atoms with Gasteiger partial charge in [-0.1, -0.05) is 17.7 Å². The van der Waals surface area contributed by atoms with Crippen LogP contribution in [0.5, 0.6) is 0 Å². The van der Waals surface area contributed by atoms with E-state index in [0.717, 1.165) is 21.2 Å². The van der Waals surface area contributed by atoms with Crippen LogP contribution in [0, 0.1) is 6.92 Å². The minimum Gasteiger partial charge on any atom is -0.464 e. The van der Waals surface area contributed by atoms with E-state index in [9.17, 15) is 13.2 Å². The molecule has 0 saturated carbocycles. The number of methoxy groups -OCH3 is 1. The first-order chi connectivity index (χ1) is 9.87. The van der Waals surface area contributed by atoms with Crippen LogP contribution in [0.15, 0.2) is 34.0 Å². The minimum atomic E-state index is -3.86. The predicted molar refractivity (Wildman–Crippen MR) is 80.2 cm³/mol. The SMILES string of the molecule is COC(=O)c1ncsc1S(=O)(=O)N(C)c1ccc(C)cc1. The molecular weight excluding hydrogens is 312 g/mol. The van der Waals surface area contributed by atoms with Crippen molar-refractivity contribution in [2.24, 2.45) is 0 Å².